The Morgan fingerprint density at radius 2 is 1.74 bits per heavy atom. The van der Waals surface area contributed by atoms with E-state index in [0.29, 0.717) is 29.8 Å². The van der Waals surface area contributed by atoms with Crippen molar-refractivity contribution in [2.75, 3.05) is 7.05 Å². The number of Topliss-reactive ketones (excluding diaryl/α,β-unsaturated/α-hetero) is 2. The van der Waals surface area contributed by atoms with E-state index in [1.54, 1.807) is 24.3 Å². The first kappa shape index (κ1) is 28.6. The summed E-state index contributed by atoms with van der Waals surface area (Å²) in [6.45, 7) is 4.17. The molecule has 1 saturated carbocycles. The molecule has 11 heteroatoms. The quantitative estimate of drug-likeness (QED) is 0.336. The molecule has 0 bridgehead atoms. The number of halogens is 4. The monoisotopic (exact) mass is 519 g/mol. The van der Waals surface area contributed by atoms with Gasteiger partial charge in [0.25, 0.3) is 0 Å². The molecule has 1 amide bonds. The highest BCUT2D eigenvalue weighted by Gasteiger charge is 2.49. The molecule has 0 aromatic heterocycles. The van der Waals surface area contributed by atoms with E-state index in [4.69, 9.17) is 21.1 Å². The molecular weight excluding hydrogens is 491 g/mol. The number of ketones is 2. The molecule has 7 nitrogen and oxygen atoms in total. The number of alkyl halides is 3. The van der Waals surface area contributed by atoms with Crippen LogP contribution in [0.2, 0.25) is 5.02 Å². The largest absolute Gasteiger partial charge is 0.449 e. The van der Waals surface area contributed by atoms with Gasteiger partial charge >= 0.3 is 18.2 Å². The van der Waals surface area contributed by atoms with Crippen LogP contribution in [0.1, 0.15) is 58.4 Å². The first-order valence-corrected chi connectivity index (χ1v) is 11.6. The second kappa shape index (κ2) is 11.4. The second-order valence-electron chi connectivity index (χ2n) is 8.89. The number of amides is 1. The van der Waals surface area contributed by atoms with Crippen LogP contribution in [0.25, 0.3) is 0 Å². The molecule has 0 radical (unpaired) electrons. The second-order valence-corrected chi connectivity index (χ2v) is 9.30. The third-order valence-corrected chi connectivity index (χ3v) is 6.53. The molecule has 2 rings (SSSR count). The van der Waals surface area contributed by atoms with Gasteiger partial charge in [-0.25, -0.2) is 4.79 Å². The minimum atomic E-state index is -5.08. The lowest BCUT2D eigenvalue weighted by molar-refractivity contribution is -0.181. The van der Waals surface area contributed by atoms with Crippen molar-refractivity contribution < 1.29 is 41.8 Å². The molecule has 3 atom stereocenters. The highest BCUT2D eigenvalue weighted by atomic mass is 35.5. The zero-order valence-corrected chi connectivity index (χ0v) is 20.7. The fourth-order valence-corrected chi connectivity index (χ4v) is 4.48. The average molecular weight is 520 g/mol. The zero-order chi connectivity index (χ0) is 26.6. The van der Waals surface area contributed by atoms with Crippen molar-refractivity contribution in [3.63, 3.8) is 0 Å². The summed E-state index contributed by atoms with van der Waals surface area (Å²) >= 11 is 6.37. The lowest BCUT2D eigenvalue weighted by atomic mass is 9.74. The first-order chi connectivity index (χ1) is 16.2. The van der Waals surface area contributed by atoms with Crippen molar-refractivity contribution in [2.45, 2.75) is 70.9 Å². The van der Waals surface area contributed by atoms with Crippen molar-refractivity contribution in [3.8, 4) is 0 Å². The summed E-state index contributed by atoms with van der Waals surface area (Å²) in [6.07, 6.45) is -6.76. The molecular formula is C24H29ClF3NO6. The van der Waals surface area contributed by atoms with E-state index in [1.165, 1.54) is 27.8 Å². The summed E-state index contributed by atoms with van der Waals surface area (Å²) in [6, 6.07) is 6.66. The summed E-state index contributed by atoms with van der Waals surface area (Å²) in [4.78, 5) is 51.1. The van der Waals surface area contributed by atoms with E-state index in [9.17, 15) is 32.3 Å². The topological polar surface area (TPSA) is 90.0 Å². The lowest BCUT2D eigenvalue weighted by Crippen LogP contribution is -2.55. The van der Waals surface area contributed by atoms with E-state index in [0.717, 1.165) is 4.90 Å². The van der Waals surface area contributed by atoms with E-state index in [1.807, 2.05) is 0 Å². The highest BCUT2D eigenvalue weighted by Crippen LogP contribution is 2.42. The van der Waals surface area contributed by atoms with Crippen LogP contribution in [0.3, 0.4) is 0 Å². The third-order valence-electron chi connectivity index (χ3n) is 6.20. The molecule has 1 aromatic carbocycles. The number of hydrogen-bond acceptors (Lipinski definition) is 6. The SMILES string of the molecule is CC(OC(=O)[C@@H](CC(=O)C(F)(F)F)C(C)C)OC(=O)N(C)[C@]1(c2ccccc2Cl)CCCCC1=O. The van der Waals surface area contributed by atoms with Crippen LogP contribution in [0.15, 0.2) is 24.3 Å². The van der Waals surface area contributed by atoms with Gasteiger partial charge in [0, 0.05) is 37.4 Å². The van der Waals surface area contributed by atoms with Crippen LogP contribution < -0.4 is 0 Å². The van der Waals surface area contributed by atoms with Gasteiger partial charge in [-0.1, -0.05) is 43.6 Å². The minimum absolute atomic E-state index is 0.216. The van der Waals surface area contributed by atoms with Gasteiger partial charge in [-0.05, 0) is 31.2 Å². The predicted molar refractivity (Wildman–Crippen MR) is 120 cm³/mol. The molecule has 1 fully saturated rings. The summed E-state index contributed by atoms with van der Waals surface area (Å²) in [5.74, 6) is -5.38. The maximum atomic E-state index is 13.1. The number of carbonyl (C=O) groups excluding carboxylic acids is 4. The number of ether oxygens (including phenoxy) is 2. The van der Waals surface area contributed by atoms with Crippen LogP contribution >= 0.6 is 11.6 Å². The maximum Gasteiger partial charge on any atom is 0.449 e. The number of hydrogen-bond donors (Lipinski definition) is 0. The van der Waals surface area contributed by atoms with E-state index in [2.05, 4.69) is 0 Å². The fraction of sp³-hybridized carbons (Fsp3) is 0.583. The van der Waals surface area contributed by atoms with Gasteiger partial charge in [-0.15, -0.1) is 0 Å². The molecule has 0 saturated heterocycles. The molecule has 0 aliphatic heterocycles. The van der Waals surface area contributed by atoms with E-state index in [-0.39, 0.29) is 12.2 Å². The summed E-state index contributed by atoms with van der Waals surface area (Å²) in [7, 11) is 1.38. The summed E-state index contributed by atoms with van der Waals surface area (Å²) in [5.41, 5.74) is -0.933. The average Bonchev–Trinajstić information content (AvgIpc) is 2.76. The Kier molecular flexibility index (Phi) is 9.33. The molecule has 194 valence electrons. The Morgan fingerprint density at radius 3 is 2.29 bits per heavy atom. The smallest absolute Gasteiger partial charge is 0.425 e. The van der Waals surface area contributed by atoms with Crippen LogP contribution in [0.4, 0.5) is 18.0 Å². The zero-order valence-electron chi connectivity index (χ0n) is 20.0. The number of likely N-dealkylation sites (N-methyl/N-ethyl adjacent to an activating group) is 1. The Morgan fingerprint density at radius 1 is 1.11 bits per heavy atom. The minimum Gasteiger partial charge on any atom is -0.425 e. The molecule has 1 unspecified atom stereocenters. The molecule has 1 aliphatic rings. The standard InChI is InChI=1S/C24H29ClF3NO6/c1-14(2)16(13-20(31)24(26,27)28)21(32)34-15(3)35-22(33)29(4)23(12-8-7-11-19(23)30)17-9-5-6-10-18(17)25/h5-6,9-10,14-16H,7-8,11-13H2,1-4H3/t15?,16-,23-/m0/s1. The Hall–Kier alpha value is -2.62. The van der Waals surface area contributed by atoms with Gasteiger partial charge in [0.05, 0.1) is 5.92 Å². The molecule has 1 aromatic rings. The molecule has 0 heterocycles. The van der Waals surface area contributed by atoms with Crippen molar-refractivity contribution in [2.24, 2.45) is 11.8 Å². The Bertz CT molecular complexity index is 967. The number of benzene rings is 1. The molecule has 0 spiro atoms. The normalized spacial score (nSPS) is 20.2. The molecule has 0 N–H and O–H groups in total. The van der Waals surface area contributed by atoms with Gasteiger partial charge in [0.2, 0.25) is 12.1 Å². The number of rotatable bonds is 8. The van der Waals surface area contributed by atoms with Crippen molar-refractivity contribution in [3.05, 3.63) is 34.9 Å². The molecule has 35 heavy (non-hydrogen) atoms. The maximum absolute atomic E-state index is 13.1. The number of nitrogens with zero attached hydrogens (tertiary/aromatic N) is 1. The van der Waals surface area contributed by atoms with Crippen LogP contribution in [0, 0.1) is 11.8 Å². The first-order valence-electron chi connectivity index (χ1n) is 11.2. The van der Waals surface area contributed by atoms with E-state index >= 15 is 0 Å². The van der Waals surface area contributed by atoms with Crippen LogP contribution in [-0.4, -0.2) is 48.0 Å². The Balaban J connectivity index is 2.18. The van der Waals surface area contributed by atoms with E-state index < -0.39 is 54.1 Å². The summed E-state index contributed by atoms with van der Waals surface area (Å²) < 4.78 is 48.2. The number of esters is 1. The Labute approximate surface area is 206 Å². The third kappa shape index (κ3) is 6.54. The van der Waals surface area contributed by atoms with Crippen molar-refractivity contribution in [1.82, 2.24) is 4.90 Å². The molecule has 1 aliphatic carbocycles. The lowest BCUT2D eigenvalue weighted by Gasteiger charge is -2.43. The number of carbonyl (C=O) groups is 4. The van der Waals surface area contributed by atoms with Crippen LogP contribution in [0.5, 0.6) is 0 Å². The van der Waals surface area contributed by atoms with Gasteiger partial charge in [0.15, 0.2) is 5.78 Å². The van der Waals surface area contributed by atoms with Gasteiger partial charge < -0.3 is 9.47 Å². The predicted octanol–water partition coefficient (Wildman–Crippen LogP) is 5.43. The van der Waals surface area contributed by atoms with Gasteiger partial charge in [-0.2, -0.15) is 13.2 Å². The summed E-state index contributed by atoms with van der Waals surface area (Å²) in [5, 5.41) is 0.302. The van der Waals surface area contributed by atoms with Crippen molar-refractivity contribution >= 4 is 35.2 Å². The van der Waals surface area contributed by atoms with Gasteiger partial charge in [0.1, 0.15) is 5.54 Å². The fourth-order valence-electron chi connectivity index (χ4n) is 4.19. The van der Waals surface area contributed by atoms with Gasteiger partial charge in [-0.3, -0.25) is 19.3 Å². The highest BCUT2D eigenvalue weighted by molar-refractivity contribution is 6.31. The van der Waals surface area contributed by atoms with Crippen LogP contribution in [-0.2, 0) is 29.4 Å². The van der Waals surface area contributed by atoms with Crippen molar-refractivity contribution in [1.29, 1.82) is 0 Å².